The highest BCUT2D eigenvalue weighted by Crippen LogP contribution is 2.27. The van der Waals surface area contributed by atoms with Gasteiger partial charge in [-0.3, -0.25) is 4.79 Å². The molecular weight excluding hydrogens is 308 g/mol. The minimum atomic E-state index is -0.158. The molecule has 0 bridgehead atoms. The molecule has 1 saturated heterocycles. The van der Waals surface area contributed by atoms with Crippen LogP contribution in [0.25, 0.3) is 0 Å². The van der Waals surface area contributed by atoms with Gasteiger partial charge in [0.2, 0.25) is 0 Å². The Labute approximate surface area is 135 Å². The Balaban J connectivity index is 2.09. The van der Waals surface area contributed by atoms with Crippen molar-refractivity contribution < 1.29 is 4.79 Å². The first-order valence-corrected chi connectivity index (χ1v) is 8.64. The van der Waals surface area contributed by atoms with Crippen molar-refractivity contribution >= 4 is 29.0 Å². The third-order valence-corrected chi connectivity index (χ3v) is 4.55. The molecule has 1 amide bonds. The minimum absolute atomic E-state index is 0.0719. The second-order valence-electron chi connectivity index (χ2n) is 6.38. The first kappa shape index (κ1) is 16.6. The number of nitrogens with zero attached hydrogens (tertiary/aromatic N) is 4. The SMILES string of the molecule is CC(C)(C)c1nnsc1C(=O)N1CCCN(CCCl)CC1. The molecule has 118 valence electrons. The minimum Gasteiger partial charge on any atom is -0.337 e. The smallest absolute Gasteiger partial charge is 0.267 e. The zero-order chi connectivity index (χ0) is 15.5. The van der Waals surface area contributed by atoms with E-state index in [0.717, 1.165) is 44.8 Å². The monoisotopic (exact) mass is 330 g/mol. The van der Waals surface area contributed by atoms with Gasteiger partial charge in [0, 0.05) is 37.5 Å². The Morgan fingerprint density at radius 1 is 1.29 bits per heavy atom. The second-order valence-corrected chi connectivity index (χ2v) is 7.51. The van der Waals surface area contributed by atoms with Gasteiger partial charge in [-0.05, 0) is 24.5 Å². The van der Waals surface area contributed by atoms with E-state index in [2.05, 4.69) is 35.3 Å². The summed E-state index contributed by atoms with van der Waals surface area (Å²) in [5.41, 5.74) is 0.647. The van der Waals surface area contributed by atoms with E-state index in [9.17, 15) is 4.79 Å². The van der Waals surface area contributed by atoms with Crippen molar-refractivity contribution in [3.05, 3.63) is 10.6 Å². The summed E-state index contributed by atoms with van der Waals surface area (Å²) in [7, 11) is 0. The summed E-state index contributed by atoms with van der Waals surface area (Å²) in [5, 5.41) is 4.16. The van der Waals surface area contributed by atoms with Crippen molar-refractivity contribution in [1.29, 1.82) is 0 Å². The highest BCUT2D eigenvalue weighted by atomic mass is 35.5. The molecule has 0 radical (unpaired) electrons. The van der Waals surface area contributed by atoms with Crippen LogP contribution in [0.5, 0.6) is 0 Å². The molecule has 1 aliphatic rings. The summed E-state index contributed by atoms with van der Waals surface area (Å²) < 4.78 is 3.99. The van der Waals surface area contributed by atoms with Crippen LogP contribution in [-0.4, -0.2) is 63.9 Å². The third kappa shape index (κ3) is 4.14. The van der Waals surface area contributed by atoms with Crippen LogP contribution >= 0.6 is 23.1 Å². The van der Waals surface area contributed by atoms with E-state index in [0.29, 0.717) is 10.8 Å². The largest absolute Gasteiger partial charge is 0.337 e. The van der Waals surface area contributed by atoms with Gasteiger partial charge in [-0.1, -0.05) is 25.3 Å². The second kappa shape index (κ2) is 7.03. The van der Waals surface area contributed by atoms with Crippen molar-refractivity contribution in [3.8, 4) is 0 Å². The van der Waals surface area contributed by atoms with Crippen LogP contribution in [0.1, 0.15) is 42.6 Å². The van der Waals surface area contributed by atoms with Crippen molar-refractivity contribution in [2.45, 2.75) is 32.6 Å². The Morgan fingerprint density at radius 2 is 2.05 bits per heavy atom. The molecule has 0 N–H and O–H groups in total. The molecule has 7 heteroatoms. The van der Waals surface area contributed by atoms with Crippen LogP contribution in [-0.2, 0) is 5.41 Å². The van der Waals surface area contributed by atoms with Crippen molar-refractivity contribution in [2.24, 2.45) is 0 Å². The van der Waals surface area contributed by atoms with Gasteiger partial charge in [-0.15, -0.1) is 16.7 Å². The van der Waals surface area contributed by atoms with Crippen LogP contribution in [0.4, 0.5) is 0 Å². The molecule has 0 unspecified atom stereocenters. The highest BCUT2D eigenvalue weighted by molar-refractivity contribution is 7.08. The number of hydrogen-bond donors (Lipinski definition) is 0. The van der Waals surface area contributed by atoms with Gasteiger partial charge in [0.1, 0.15) is 4.88 Å². The topological polar surface area (TPSA) is 49.3 Å². The van der Waals surface area contributed by atoms with Crippen LogP contribution in [0.3, 0.4) is 0 Å². The number of amides is 1. The quantitative estimate of drug-likeness (QED) is 0.797. The fraction of sp³-hybridized carbons (Fsp3) is 0.786. The molecule has 5 nitrogen and oxygen atoms in total. The average Bonchev–Trinajstić information content (AvgIpc) is 2.80. The molecule has 1 aromatic rings. The van der Waals surface area contributed by atoms with Crippen molar-refractivity contribution in [1.82, 2.24) is 19.4 Å². The standard InChI is InChI=1S/C14H23ClN4OS/c1-14(2,3)12-11(21-17-16-12)13(20)19-7-4-6-18(8-5-15)9-10-19/h4-10H2,1-3H3. The van der Waals surface area contributed by atoms with Gasteiger partial charge in [-0.25, -0.2) is 0 Å². The van der Waals surface area contributed by atoms with Crippen LogP contribution in [0, 0.1) is 0 Å². The molecule has 2 heterocycles. The van der Waals surface area contributed by atoms with E-state index in [1.165, 1.54) is 11.5 Å². The molecule has 2 rings (SSSR count). The number of hydrogen-bond acceptors (Lipinski definition) is 5. The maximum atomic E-state index is 12.8. The maximum Gasteiger partial charge on any atom is 0.267 e. The fourth-order valence-corrected chi connectivity index (χ4v) is 3.57. The van der Waals surface area contributed by atoms with Crippen molar-refractivity contribution in [2.75, 3.05) is 38.6 Å². The predicted octanol–water partition coefficient (Wildman–Crippen LogP) is 2.22. The molecular formula is C14H23ClN4OS. The molecule has 1 fully saturated rings. The maximum absolute atomic E-state index is 12.8. The molecule has 1 aromatic heterocycles. The summed E-state index contributed by atoms with van der Waals surface area (Å²) in [6.07, 6.45) is 0.986. The molecule has 21 heavy (non-hydrogen) atoms. The Bertz CT molecular complexity index is 486. The number of rotatable bonds is 3. The Morgan fingerprint density at radius 3 is 2.71 bits per heavy atom. The molecule has 0 saturated carbocycles. The van der Waals surface area contributed by atoms with Gasteiger partial charge >= 0.3 is 0 Å². The van der Waals surface area contributed by atoms with E-state index in [1.54, 1.807) is 0 Å². The lowest BCUT2D eigenvalue weighted by molar-refractivity contribution is 0.0764. The lowest BCUT2D eigenvalue weighted by Gasteiger charge is -2.23. The number of carbonyl (C=O) groups is 1. The number of alkyl halides is 1. The third-order valence-electron chi connectivity index (χ3n) is 3.67. The first-order chi connectivity index (χ1) is 9.93. The number of halogens is 1. The molecule has 0 atom stereocenters. The molecule has 1 aliphatic heterocycles. The fourth-order valence-electron chi connectivity index (χ4n) is 2.48. The first-order valence-electron chi connectivity index (χ1n) is 7.34. The lowest BCUT2D eigenvalue weighted by Crippen LogP contribution is -2.36. The van der Waals surface area contributed by atoms with Gasteiger partial charge in [0.15, 0.2) is 0 Å². The van der Waals surface area contributed by atoms with E-state index in [-0.39, 0.29) is 11.3 Å². The Kier molecular flexibility index (Phi) is 5.57. The predicted molar refractivity (Wildman–Crippen MR) is 86.3 cm³/mol. The summed E-state index contributed by atoms with van der Waals surface area (Å²) >= 11 is 7.01. The van der Waals surface area contributed by atoms with E-state index < -0.39 is 0 Å². The summed E-state index contributed by atoms with van der Waals surface area (Å²) in [4.78, 5) is 17.7. The van der Waals surface area contributed by atoms with E-state index in [1.807, 2.05) is 4.90 Å². The zero-order valence-electron chi connectivity index (χ0n) is 12.9. The van der Waals surface area contributed by atoms with Crippen molar-refractivity contribution in [3.63, 3.8) is 0 Å². The van der Waals surface area contributed by atoms with E-state index >= 15 is 0 Å². The lowest BCUT2D eigenvalue weighted by atomic mass is 9.91. The molecule has 0 aromatic carbocycles. The molecule has 0 aliphatic carbocycles. The van der Waals surface area contributed by atoms with Gasteiger partial charge in [0.05, 0.1) is 5.69 Å². The van der Waals surface area contributed by atoms with Gasteiger partial charge in [-0.2, -0.15) is 0 Å². The normalized spacial score (nSPS) is 17.8. The summed E-state index contributed by atoms with van der Waals surface area (Å²) in [6.45, 7) is 10.5. The average molecular weight is 331 g/mol. The van der Waals surface area contributed by atoms with Gasteiger partial charge < -0.3 is 9.80 Å². The molecule has 0 spiro atoms. The van der Waals surface area contributed by atoms with E-state index in [4.69, 9.17) is 11.6 Å². The van der Waals surface area contributed by atoms with Crippen LogP contribution in [0.15, 0.2) is 0 Å². The number of aromatic nitrogens is 2. The Hall–Kier alpha value is -0.720. The van der Waals surface area contributed by atoms with Crippen LogP contribution in [0.2, 0.25) is 0 Å². The highest BCUT2D eigenvalue weighted by Gasteiger charge is 2.29. The van der Waals surface area contributed by atoms with Crippen LogP contribution < -0.4 is 0 Å². The summed E-state index contributed by atoms with van der Waals surface area (Å²) in [6, 6.07) is 0. The summed E-state index contributed by atoms with van der Waals surface area (Å²) in [5.74, 6) is 0.712. The van der Waals surface area contributed by atoms with Gasteiger partial charge in [0.25, 0.3) is 5.91 Å². The zero-order valence-corrected chi connectivity index (χ0v) is 14.5. The number of carbonyl (C=O) groups excluding carboxylic acids is 1.